The molecule has 0 aliphatic rings. The van der Waals surface area contributed by atoms with E-state index < -0.39 is 6.10 Å². The minimum atomic E-state index is -0.572. The molecule has 0 saturated carbocycles. The van der Waals surface area contributed by atoms with Crippen LogP contribution in [0.1, 0.15) is 50.1 Å². The molecule has 0 N–H and O–H groups in total. The molecule has 0 spiro atoms. The lowest BCUT2D eigenvalue weighted by Gasteiger charge is -2.10. The maximum absolute atomic E-state index is 12.1. The van der Waals surface area contributed by atoms with E-state index in [1.807, 2.05) is 16.7 Å². The number of thioether (sulfide) groups is 1. The molecular formula is C18H21N5O3S. The number of carbonyl (C=O) groups is 1. The van der Waals surface area contributed by atoms with Crippen LogP contribution in [0.15, 0.2) is 40.3 Å². The predicted octanol–water partition coefficient (Wildman–Crippen LogP) is 3.48. The molecule has 2 aromatic heterocycles. The van der Waals surface area contributed by atoms with Crippen molar-refractivity contribution in [2.75, 3.05) is 5.75 Å². The average Bonchev–Trinajstić information content (AvgIpc) is 3.29. The van der Waals surface area contributed by atoms with E-state index >= 15 is 0 Å². The standard InChI is InChI=1S/C18H21N5O3S/c1-11(2)14-5-7-15(8-6-14)23-10-19-21-18(23)27-9-16(24)25-12(3)17-20-13(4)26-22-17/h5-8,10-12H,9H2,1-4H3. The van der Waals surface area contributed by atoms with Crippen LogP contribution in [0, 0.1) is 6.92 Å². The van der Waals surface area contributed by atoms with Crippen LogP contribution in [0.5, 0.6) is 0 Å². The molecule has 0 aliphatic carbocycles. The minimum absolute atomic E-state index is 0.101. The average molecular weight is 387 g/mol. The molecule has 2 heterocycles. The Labute approximate surface area is 161 Å². The largest absolute Gasteiger partial charge is 0.454 e. The van der Waals surface area contributed by atoms with E-state index in [0.717, 1.165) is 5.69 Å². The number of nitrogens with zero attached hydrogens (tertiary/aromatic N) is 5. The normalized spacial score (nSPS) is 12.3. The third-order valence-electron chi connectivity index (χ3n) is 3.89. The third kappa shape index (κ3) is 4.73. The molecule has 1 atom stereocenters. The zero-order valence-electron chi connectivity index (χ0n) is 15.6. The van der Waals surface area contributed by atoms with Gasteiger partial charge < -0.3 is 9.26 Å². The molecule has 3 aromatic rings. The summed E-state index contributed by atoms with van der Waals surface area (Å²) in [6.07, 6.45) is 1.06. The summed E-state index contributed by atoms with van der Waals surface area (Å²) in [6.45, 7) is 7.68. The van der Waals surface area contributed by atoms with Crippen LogP contribution in [0.4, 0.5) is 0 Å². The molecular weight excluding hydrogens is 366 g/mol. The zero-order valence-corrected chi connectivity index (χ0v) is 16.4. The predicted molar refractivity (Wildman–Crippen MR) is 99.7 cm³/mol. The Morgan fingerprint density at radius 1 is 1.26 bits per heavy atom. The molecule has 0 aliphatic heterocycles. The molecule has 0 fully saturated rings. The molecule has 1 unspecified atom stereocenters. The molecule has 0 radical (unpaired) electrons. The topological polar surface area (TPSA) is 95.9 Å². The monoisotopic (exact) mass is 387 g/mol. The summed E-state index contributed by atoms with van der Waals surface area (Å²) in [5.41, 5.74) is 2.20. The smallest absolute Gasteiger partial charge is 0.317 e. The number of ether oxygens (including phenoxy) is 1. The first kappa shape index (κ1) is 19.1. The van der Waals surface area contributed by atoms with Gasteiger partial charge in [0, 0.05) is 12.6 Å². The third-order valence-corrected chi connectivity index (χ3v) is 4.81. The van der Waals surface area contributed by atoms with E-state index in [2.05, 4.69) is 46.3 Å². The summed E-state index contributed by atoms with van der Waals surface area (Å²) < 4.78 is 12.1. The first-order chi connectivity index (χ1) is 12.9. The Hall–Kier alpha value is -2.68. The van der Waals surface area contributed by atoms with Gasteiger partial charge in [0.1, 0.15) is 6.33 Å². The second-order valence-corrected chi connectivity index (χ2v) is 7.26. The fourth-order valence-corrected chi connectivity index (χ4v) is 3.12. The van der Waals surface area contributed by atoms with Gasteiger partial charge in [0.05, 0.1) is 5.75 Å². The van der Waals surface area contributed by atoms with Crippen molar-refractivity contribution in [3.05, 3.63) is 47.9 Å². The van der Waals surface area contributed by atoms with Gasteiger partial charge in [0.15, 0.2) is 11.3 Å². The van der Waals surface area contributed by atoms with E-state index in [0.29, 0.717) is 22.8 Å². The highest BCUT2D eigenvalue weighted by Gasteiger charge is 2.18. The highest BCUT2D eigenvalue weighted by Crippen LogP contribution is 2.23. The van der Waals surface area contributed by atoms with Gasteiger partial charge in [-0.05, 0) is 30.5 Å². The molecule has 0 bridgehead atoms. The Morgan fingerprint density at radius 3 is 2.63 bits per heavy atom. The van der Waals surface area contributed by atoms with Crippen molar-refractivity contribution in [1.82, 2.24) is 24.9 Å². The number of rotatable bonds is 7. The molecule has 0 saturated heterocycles. The molecule has 9 heteroatoms. The van der Waals surface area contributed by atoms with E-state index in [-0.39, 0.29) is 11.7 Å². The van der Waals surface area contributed by atoms with Gasteiger partial charge in [-0.15, -0.1) is 10.2 Å². The Bertz CT molecular complexity index is 904. The number of aromatic nitrogens is 5. The summed E-state index contributed by atoms with van der Waals surface area (Å²) in [7, 11) is 0. The van der Waals surface area contributed by atoms with E-state index in [1.54, 1.807) is 20.2 Å². The van der Waals surface area contributed by atoms with Gasteiger partial charge >= 0.3 is 5.97 Å². The summed E-state index contributed by atoms with van der Waals surface area (Å²) in [6, 6.07) is 8.19. The maximum Gasteiger partial charge on any atom is 0.317 e. The first-order valence-electron chi connectivity index (χ1n) is 8.57. The maximum atomic E-state index is 12.1. The lowest BCUT2D eigenvalue weighted by atomic mass is 10.0. The summed E-state index contributed by atoms with van der Waals surface area (Å²) >= 11 is 1.26. The quantitative estimate of drug-likeness (QED) is 0.449. The number of aryl methyl sites for hydroxylation is 1. The first-order valence-corrected chi connectivity index (χ1v) is 9.55. The van der Waals surface area contributed by atoms with Crippen LogP contribution in [0.25, 0.3) is 5.69 Å². The highest BCUT2D eigenvalue weighted by atomic mass is 32.2. The van der Waals surface area contributed by atoms with E-state index in [1.165, 1.54) is 17.3 Å². The van der Waals surface area contributed by atoms with Gasteiger partial charge in [-0.2, -0.15) is 4.98 Å². The van der Waals surface area contributed by atoms with Crippen LogP contribution in [-0.2, 0) is 9.53 Å². The molecule has 27 heavy (non-hydrogen) atoms. The molecule has 0 amide bonds. The van der Waals surface area contributed by atoms with Crippen LogP contribution in [-0.4, -0.2) is 36.6 Å². The van der Waals surface area contributed by atoms with Gasteiger partial charge in [0.2, 0.25) is 11.7 Å². The zero-order chi connectivity index (χ0) is 19.4. The lowest BCUT2D eigenvalue weighted by molar-refractivity contribution is -0.145. The fraction of sp³-hybridized carbons (Fsp3) is 0.389. The van der Waals surface area contributed by atoms with Gasteiger partial charge in [0.25, 0.3) is 0 Å². The van der Waals surface area contributed by atoms with Crippen molar-refractivity contribution in [3.8, 4) is 5.69 Å². The molecule has 142 valence electrons. The van der Waals surface area contributed by atoms with Crippen molar-refractivity contribution in [2.24, 2.45) is 0 Å². The highest BCUT2D eigenvalue weighted by molar-refractivity contribution is 7.99. The molecule has 1 aromatic carbocycles. The van der Waals surface area contributed by atoms with Crippen molar-refractivity contribution in [3.63, 3.8) is 0 Å². The van der Waals surface area contributed by atoms with Crippen LogP contribution < -0.4 is 0 Å². The van der Waals surface area contributed by atoms with Crippen molar-refractivity contribution >= 4 is 17.7 Å². The van der Waals surface area contributed by atoms with Gasteiger partial charge in [-0.3, -0.25) is 9.36 Å². The number of hydrogen-bond acceptors (Lipinski definition) is 8. The van der Waals surface area contributed by atoms with Crippen molar-refractivity contribution in [2.45, 2.75) is 44.9 Å². The second-order valence-electron chi connectivity index (χ2n) is 6.32. The second kappa shape index (κ2) is 8.34. The van der Waals surface area contributed by atoms with Crippen LogP contribution in [0.3, 0.4) is 0 Å². The minimum Gasteiger partial charge on any atom is -0.454 e. The summed E-state index contributed by atoms with van der Waals surface area (Å²) in [5.74, 6) is 0.954. The lowest BCUT2D eigenvalue weighted by Crippen LogP contribution is -2.12. The van der Waals surface area contributed by atoms with Crippen LogP contribution in [0.2, 0.25) is 0 Å². The van der Waals surface area contributed by atoms with Crippen molar-refractivity contribution < 1.29 is 14.1 Å². The van der Waals surface area contributed by atoms with E-state index in [9.17, 15) is 4.79 Å². The fourth-order valence-electron chi connectivity index (χ4n) is 2.41. The van der Waals surface area contributed by atoms with Crippen LogP contribution >= 0.6 is 11.8 Å². The molecule has 3 rings (SSSR count). The van der Waals surface area contributed by atoms with Gasteiger partial charge in [-0.1, -0.05) is 42.9 Å². The Morgan fingerprint density at radius 2 is 2.00 bits per heavy atom. The Kier molecular flexibility index (Phi) is 5.90. The molecule has 8 nitrogen and oxygen atoms in total. The summed E-state index contributed by atoms with van der Waals surface area (Å²) in [4.78, 5) is 16.2. The number of benzene rings is 1. The number of carbonyl (C=O) groups excluding carboxylic acids is 1. The number of esters is 1. The summed E-state index contributed by atoms with van der Waals surface area (Å²) in [5, 5.41) is 12.4. The van der Waals surface area contributed by atoms with E-state index in [4.69, 9.17) is 9.26 Å². The Balaban J connectivity index is 1.60. The van der Waals surface area contributed by atoms with Gasteiger partial charge in [-0.25, -0.2) is 0 Å². The SMILES string of the molecule is Cc1nc(C(C)OC(=O)CSc2nncn2-c2ccc(C(C)C)cc2)no1. The van der Waals surface area contributed by atoms with Crippen molar-refractivity contribution in [1.29, 1.82) is 0 Å². The number of hydrogen-bond donors (Lipinski definition) is 0.